The lowest BCUT2D eigenvalue weighted by atomic mass is 10.0. The largest absolute Gasteiger partial charge is 0.314 e. The molecular formula is C17H24BrN4S+. The number of hydrogen-bond acceptors (Lipinski definition) is 2. The van der Waals surface area contributed by atoms with Gasteiger partial charge in [-0.15, -0.1) is 5.10 Å². The molecule has 1 aromatic heterocycles. The third-order valence-electron chi connectivity index (χ3n) is 4.85. The lowest BCUT2D eigenvalue weighted by Crippen LogP contribution is -3.15. The molecule has 1 fully saturated rings. The van der Waals surface area contributed by atoms with Crippen LogP contribution in [0.4, 0.5) is 0 Å². The first-order chi connectivity index (χ1) is 11.1. The zero-order valence-electron chi connectivity index (χ0n) is 13.8. The van der Waals surface area contributed by atoms with E-state index in [0.29, 0.717) is 0 Å². The highest BCUT2D eigenvalue weighted by Crippen LogP contribution is 2.21. The van der Waals surface area contributed by atoms with Crippen molar-refractivity contribution in [2.45, 2.75) is 45.3 Å². The van der Waals surface area contributed by atoms with Crippen molar-refractivity contribution >= 4 is 28.1 Å². The molecule has 124 valence electrons. The van der Waals surface area contributed by atoms with Gasteiger partial charge in [-0.2, -0.15) is 4.68 Å². The van der Waals surface area contributed by atoms with Gasteiger partial charge in [0.1, 0.15) is 0 Å². The van der Waals surface area contributed by atoms with Gasteiger partial charge in [0.25, 0.3) is 0 Å². The van der Waals surface area contributed by atoms with Crippen LogP contribution in [0.2, 0.25) is 0 Å². The predicted octanol–water partition coefficient (Wildman–Crippen LogP) is 3.19. The van der Waals surface area contributed by atoms with Gasteiger partial charge in [-0.05, 0) is 50.0 Å². The summed E-state index contributed by atoms with van der Waals surface area (Å²) < 4.78 is 5.88. The van der Waals surface area contributed by atoms with Crippen molar-refractivity contribution in [1.82, 2.24) is 14.3 Å². The topological polar surface area (TPSA) is 27.2 Å². The summed E-state index contributed by atoms with van der Waals surface area (Å²) in [5.41, 5.74) is 1.09. The SMILES string of the molecule is CC[C@H]1CCCC[NH+]1Cn1nc(-c2cccc(Br)c2)n(C)c1=S. The molecule has 0 bridgehead atoms. The smallest absolute Gasteiger partial charge is 0.202 e. The first kappa shape index (κ1) is 16.9. The molecule has 1 unspecified atom stereocenters. The molecule has 4 nitrogen and oxygen atoms in total. The molecule has 3 rings (SSSR count). The Labute approximate surface area is 151 Å². The third-order valence-corrected chi connectivity index (χ3v) is 5.83. The van der Waals surface area contributed by atoms with Crippen LogP contribution in [0.1, 0.15) is 32.6 Å². The zero-order valence-corrected chi connectivity index (χ0v) is 16.2. The van der Waals surface area contributed by atoms with Crippen molar-refractivity contribution in [3.63, 3.8) is 0 Å². The van der Waals surface area contributed by atoms with Crippen LogP contribution in [0.5, 0.6) is 0 Å². The number of likely N-dealkylation sites (tertiary alicyclic amines) is 1. The van der Waals surface area contributed by atoms with E-state index in [4.69, 9.17) is 17.3 Å². The Hall–Kier alpha value is -0.980. The minimum Gasteiger partial charge on any atom is -0.314 e. The van der Waals surface area contributed by atoms with Crippen molar-refractivity contribution in [3.8, 4) is 11.4 Å². The second kappa shape index (κ2) is 7.28. The maximum atomic E-state index is 5.63. The van der Waals surface area contributed by atoms with Gasteiger partial charge in [0.15, 0.2) is 12.5 Å². The van der Waals surface area contributed by atoms with Crippen LogP contribution < -0.4 is 4.90 Å². The van der Waals surface area contributed by atoms with Crippen LogP contribution in [0.3, 0.4) is 0 Å². The number of rotatable bonds is 4. The lowest BCUT2D eigenvalue weighted by molar-refractivity contribution is -0.953. The van der Waals surface area contributed by atoms with Crippen LogP contribution in [0.15, 0.2) is 28.7 Å². The summed E-state index contributed by atoms with van der Waals surface area (Å²) in [6.07, 6.45) is 5.22. The first-order valence-corrected chi connectivity index (χ1v) is 9.54. The van der Waals surface area contributed by atoms with E-state index in [9.17, 15) is 0 Å². The molecular weight excluding hydrogens is 372 g/mol. The van der Waals surface area contributed by atoms with E-state index >= 15 is 0 Å². The molecule has 23 heavy (non-hydrogen) atoms. The molecule has 0 spiro atoms. The van der Waals surface area contributed by atoms with Crippen molar-refractivity contribution in [2.24, 2.45) is 7.05 Å². The van der Waals surface area contributed by atoms with Gasteiger partial charge in [-0.1, -0.05) is 35.0 Å². The van der Waals surface area contributed by atoms with Gasteiger partial charge in [-0.25, -0.2) is 0 Å². The fraction of sp³-hybridized carbons (Fsp3) is 0.529. The molecule has 0 amide bonds. The van der Waals surface area contributed by atoms with E-state index in [0.717, 1.165) is 33.3 Å². The van der Waals surface area contributed by atoms with E-state index in [-0.39, 0.29) is 0 Å². The van der Waals surface area contributed by atoms with Gasteiger partial charge < -0.3 is 9.47 Å². The monoisotopic (exact) mass is 395 g/mol. The maximum Gasteiger partial charge on any atom is 0.202 e. The van der Waals surface area contributed by atoms with E-state index in [1.54, 1.807) is 4.90 Å². The first-order valence-electron chi connectivity index (χ1n) is 8.34. The minimum absolute atomic E-state index is 0.738. The Morgan fingerprint density at radius 3 is 2.96 bits per heavy atom. The lowest BCUT2D eigenvalue weighted by Gasteiger charge is -2.31. The minimum atomic E-state index is 0.738. The number of benzene rings is 1. The van der Waals surface area contributed by atoms with E-state index in [1.807, 2.05) is 28.4 Å². The van der Waals surface area contributed by atoms with Gasteiger partial charge >= 0.3 is 0 Å². The Bertz CT molecular complexity index is 736. The van der Waals surface area contributed by atoms with Gasteiger partial charge in [0.05, 0.1) is 12.6 Å². The summed E-state index contributed by atoms with van der Waals surface area (Å²) in [4.78, 5) is 1.62. The average Bonchev–Trinajstić information content (AvgIpc) is 2.84. The molecule has 1 aliphatic rings. The highest BCUT2D eigenvalue weighted by Gasteiger charge is 2.25. The zero-order chi connectivity index (χ0) is 16.4. The van der Waals surface area contributed by atoms with Crippen LogP contribution in [-0.2, 0) is 13.7 Å². The second-order valence-electron chi connectivity index (χ2n) is 6.34. The maximum absolute atomic E-state index is 5.63. The molecule has 1 saturated heterocycles. The summed E-state index contributed by atoms with van der Waals surface area (Å²) in [5.74, 6) is 0.931. The number of nitrogens with one attached hydrogen (secondary N) is 1. The average molecular weight is 396 g/mol. The summed E-state index contributed by atoms with van der Waals surface area (Å²) in [6, 6.07) is 8.96. The van der Waals surface area contributed by atoms with Crippen molar-refractivity contribution < 1.29 is 4.90 Å². The fourth-order valence-corrected chi connectivity index (χ4v) is 4.11. The highest BCUT2D eigenvalue weighted by molar-refractivity contribution is 9.10. The Morgan fingerprint density at radius 2 is 2.22 bits per heavy atom. The predicted molar refractivity (Wildman–Crippen MR) is 98.9 cm³/mol. The van der Waals surface area contributed by atoms with Gasteiger partial charge in [-0.3, -0.25) is 0 Å². The van der Waals surface area contributed by atoms with Crippen molar-refractivity contribution in [3.05, 3.63) is 33.5 Å². The summed E-state index contributed by atoms with van der Waals surface area (Å²) in [5, 5.41) is 4.82. The van der Waals surface area contributed by atoms with E-state index in [1.165, 1.54) is 32.2 Å². The number of halogens is 1. The number of aromatic nitrogens is 3. The third kappa shape index (κ3) is 3.59. The summed E-state index contributed by atoms with van der Waals surface area (Å²) in [6.45, 7) is 4.39. The summed E-state index contributed by atoms with van der Waals surface area (Å²) >= 11 is 9.16. The van der Waals surface area contributed by atoms with Crippen LogP contribution in [-0.4, -0.2) is 26.9 Å². The van der Waals surface area contributed by atoms with Crippen LogP contribution in [0.25, 0.3) is 11.4 Å². The number of nitrogens with zero attached hydrogens (tertiary/aromatic N) is 3. The van der Waals surface area contributed by atoms with Crippen LogP contribution in [0, 0.1) is 4.77 Å². The standard InChI is InChI=1S/C17H23BrN4S/c1-3-15-9-4-5-10-21(15)12-22-17(23)20(2)16(19-22)13-7-6-8-14(18)11-13/h6-8,11,15H,3-5,9-10,12H2,1-2H3/p+1/t15-/m0/s1. The second-order valence-corrected chi connectivity index (χ2v) is 7.62. The quantitative estimate of drug-likeness (QED) is 0.804. The number of hydrogen-bond donors (Lipinski definition) is 1. The molecule has 2 aromatic rings. The molecule has 1 aliphatic heterocycles. The van der Waals surface area contributed by atoms with E-state index < -0.39 is 0 Å². The molecule has 6 heteroatoms. The molecule has 0 aliphatic carbocycles. The van der Waals surface area contributed by atoms with Crippen molar-refractivity contribution in [1.29, 1.82) is 0 Å². The molecule has 2 heterocycles. The van der Waals surface area contributed by atoms with E-state index in [2.05, 4.69) is 35.0 Å². The Balaban J connectivity index is 1.89. The Morgan fingerprint density at radius 1 is 1.39 bits per heavy atom. The molecule has 0 radical (unpaired) electrons. The molecule has 2 atom stereocenters. The summed E-state index contributed by atoms with van der Waals surface area (Å²) in [7, 11) is 2.00. The highest BCUT2D eigenvalue weighted by atomic mass is 79.9. The fourth-order valence-electron chi connectivity index (χ4n) is 3.51. The molecule has 0 saturated carbocycles. The normalized spacial score (nSPS) is 21.5. The molecule has 1 N–H and O–H groups in total. The number of piperidine rings is 1. The van der Waals surface area contributed by atoms with Crippen LogP contribution >= 0.6 is 28.1 Å². The number of quaternary nitrogens is 1. The Kier molecular flexibility index (Phi) is 5.34. The molecule has 1 aromatic carbocycles. The van der Waals surface area contributed by atoms with Gasteiger partial charge in [0.2, 0.25) is 4.77 Å². The van der Waals surface area contributed by atoms with Crippen molar-refractivity contribution in [2.75, 3.05) is 6.54 Å². The van der Waals surface area contributed by atoms with Gasteiger partial charge in [0, 0.05) is 17.1 Å².